The fourth-order valence-electron chi connectivity index (χ4n) is 0.146. The molecule has 0 aliphatic carbocycles. The molecule has 4 heteroatoms. The second-order valence-corrected chi connectivity index (χ2v) is 1.12. The molecule has 0 aromatic rings. The van der Waals surface area contributed by atoms with E-state index in [1.165, 1.54) is 6.92 Å². The number of carboxylic acids is 1. The van der Waals surface area contributed by atoms with E-state index in [4.69, 9.17) is 5.11 Å². The number of carbonyl (C=O) groups is 2. The van der Waals surface area contributed by atoms with Crippen LogP contribution >= 0.6 is 0 Å². The molecular weight excluding hydrogens is 110 g/mol. The van der Waals surface area contributed by atoms with Crippen LogP contribution < -0.4 is 0 Å². The molecule has 0 saturated heterocycles. The maximum Gasteiger partial charge on any atom is 0.347 e. The van der Waals surface area contributed by atoms with E-state index in [1.807, 2.05) is 0 Å². The van der Waals surface area contributed by atoms with E-state index in [0.29, 0.717) is 6.21 Å². The Morgan fingerprint density at radius 2 is 2.12 bits per heavy atom. The molecule has 8 heavy (non-hydrogen) atoms. The summed E-state index contributed by atoms with van der Waals surface area (Å²) >= 11 is 0. The summed E-state index contributed by atoms with van der Waals surface area (Å²) in [6, 6.07) is 0. The zero-order valence-corrected chi connectivity index (χ0v) is 4.29. The average Bonchev–Trinajstić information content (AvgIpc) is 1.61. The summed E-state index contributed by atoms with van der Waals surface area (Å²) in [4.78, 5) is 22.4. The molecule has 0 unspecified atom stereocenters. The average molecular weight is 115 g/mol. The fraction of sp³-hybridized carbons (Fsp3) is 0.250. The number of aliphatic carboxylic acids is 1. The minimum absolute atomic E-state index is 0.507. The SMILES string of the molecule is CC(=O)N=CC(=O)O. The monoisotopic (exact) mass is 115 g/mol. The summed E-state index contributed by atoms with van der Waals surface area (Å²) in [5.74, 6) is -1.72. The molecule has 0 aromatic carbocycles. The third kappa shape index (κ3) is 4.81. The Balaban J connectivity index is 3.67. The van der Waals surface area contributed by atoms with Crippen LogP contribution in [0.25, 0.3) is 0 Å². The van der Waals surface area contributed by atoms with E-state index in [2.05, 4.69) is 4.99 Å². The molecule has 1 N–H and O–H groups in total. The predicted molar refractivity (Wildman–Crippen MR) is 26.8 cm³/mol. The molecule has 0 radical (unpaired) electrons. The van der Waals surface area contributed by atoms with Gasteiger partial charge < -0.3 is 5.11 Å². The zero-order valence-electron chi connectivity index (χ0n) is 4.29. The number of carboxylic acid groups (broad SMARTS) is 1. The van der Waals surface area contributed by atoms with E-state index >= 15 is 0 Å². The van der Waals surface area contributed by atoms with Gasteiger partial charge in [0, 0.05) is 6.92 Å². The molecule has 0 fully saturated rings. The molecule has 0 rings (SSSR count). The number of rotatable bonds is 1. The summed E-state index contributed by atoms with van der Waals surface area (Å²) in [6.45, 7) is 1.18. The highest BCUT2D eigenvalue weighted by Crippen LogP contribution is 1.66. The van der Waals surface area contributed by atoms with Gasteiger partial charge in [0.15, 0.2) is 0 Å². The Morgan fingerprint density at radius 1 is 1.62 bits per heavy atom. The molecule has 0 atom stereocenters. The van der Waals surface area contributed by atoms with Crippen LogP contribution in [0.4, 0.5) is 0 Å². The van der Waals surface area contributed by atoms with Crippen LogP contribution in [0.15, 0.2) is 4.99 Å². The molecule has 0 spiro atoms. The van der Waals surface area contributed by atoms with Crippen LogP contribution in [0, 0.1) is 0 Å². The highest BCUT2D eigenvalue weighted by molar-refractivity contribution is 6.24. The second-order valence-electron chi connectivity index (χ2n) is 1.12. The Labute approximate surface area is 45.8 Å². The molecule has 0 saturated carbocycles. The lowest BCUT2D eigenvalue weighted by atomic mass is 10.7. The number of hydrogen-bond acceptors (Lipinski definition) is 2. The van der Waals surface area contributed by atoms with Gasteiger partial charge in [0.25, 0.3) is 0 Å². The largest absolute Gasteiger partial charge is 0.477 e. The molecular formula is C4H5NO3. The first-order valence-electron chi connectivity index (χ1n) is 1.90. The summed E-state index contributed by atoms with van der Waals surface area (Å²) < 4.78 is 0. The third-order valence-electron chi connectivity index (χ3n) is 0.357. The first-order valence-corrected chi connectivity index (χ1v) is 1.90. The van der Waals surface area contributed by atoms with E-state index in [1.54, 1.807) is 0 Å². The van der Waals surface area contributed by atoms with Crippen molar-refractivity contribution in [2.75, 3.05) is 0 Å². The van der Waals surface area contributed by atoms with Crippen LogP contribution in [0.1, 0.15) is 6.92 Å². The van der Waals surface area contributed by atoms with Crippen molar-refractivity contribution in [1.29, 1.82) is 0 Å². The predicted octanol–water partition coefficient (Wildman–Crippen LogP) is -0.312. The molecule has 0 aromatic heterocycles. The van der Waals surface area contributed by atoms with Crippen LogP contribution in [0.5, 0.6) is 0 Å². The van der Waals surface area contributed by atoms with Crippen LogP contribution in [0.3, 0.4) is 0 Å². The van der Waals surface area contributed by atoms with E-state index in [0.717, 1.165) is 0 Å². The van der Waals surface area contributed by atoms with Gasteiger partial charge in [-0.3, -0.25) is 4.79 Å². The number of nitrogens with zero attached hydrogens (tertiary/aromatic N) is 1. The van der Waals surface area contributed by atoms with Crippen LogP contribution in [-0.4, -0.2) is 23.2 Å². The van der Waals surface area contributed by atoms with E-state index in [-0.39, 0.29) is 0 Å². The Bertz CT molecular complexity index is 122. The highest BCUT2D eigenvalue weighted by Gasteiger charge is 1.86. The third-order valence-corrected chi connectivity index (χ3v) is 0.357. The molecule has 0 aliphatic rings. The number of carbonyl (C=O) groups excluding carboxylic acids is 1. The number of amides is 1. The fourth-order valence-corrected chi connectivity index (χ4v) is 0.146. The maximum absolute atomic E-state index is 9.89. The quantitative estimate of drug-likeness (QED) is 0.476. The van der Waals surface area contributed by atoms with Gasteiger partial charge in [0.2, 0.25) is 5.91 Å². The van der Waals surface area contributed by atoms with Gasteiger partial charge in [0.05, 0.1) is 0 Å². The normalized spacial score (nSPS) is 9.62. The lowest BCUT2D eigenvalue weighted by Gasteiger charge is -1.74. The summed E-state index contributed by atoms with van der Waals surface area (Å²) in [5, 5.41) is 7.86. The molecule has 4 nitrogen and oxygen atoms in total. The Kier molecular flexibility index (Phi) is 2.47. The molecule has 0 bridgehead atoms. The van der Waals surface area contributed by atoms with Crippen molar-refractivity contribution in [1.82, 2.24) is 0 Å². The first-order chi connectivity index (χ1) is 3.63. The minimum Gasteiger partial charge on any atom is -0.477 e. The van der Waals surface area contributed by atoms with Gasteiger partial charge in [0.1, 0.15) is 6.21 Å². The van der Waals surface area contributed by atoms with Gasteiger partial charge in [-0.05, 0) is 0 Å². The van der Waals surface area contributed by atoms with E-state index in [9.17, 15) is 9.59 Å². The van der Waals surface area contributed by atoms with Crippen molar-refractivity contribution in [3.05, 3.63) is 0 Å². The number of aliphatic imine (C=N–C) groups is 1. The van der Waals surface area contributed by atoms with Crippen LogP contribution in [-0.2, 0) is 9.59 Å². The smallest absolute Gasteiger partial charge is 0.347 e. The van der Waals surface area contributed by atoms with Gasteiger partial charge in [-0.15, -0.1) is 0 Å². The molecule has 0 heterocycles. The molecule has 44 valence electrons. The van der Waals surface area contributed by atoms with Crippen molar-refractivity contribution >= 4 is 18.1 Å². The van der Waals surface area contributed by atoms with Crippen molar-refractivity contribution in [2.24, 2.45) is 4.99 Å². The van der Waals surface area contributed by atoms with Gasteiger partial charge >= 0.3 is 5.97 Å². The van der Waals surface area contributed by atoms with Gasteiger partial charge in [-0.1, -0.05) is 0 Å². The standard InChI is InChI=1S/C4H5NO3/c1-3(6)5-2-4(7)8/h2H,1H3,(H,7,8). The van der Waals surface area contributed by atoms with Crippen molar-refractivity contribution in [3.63, 3.8) is 0 Å². The van der Waals surface area contributed by atoms with Crippen molar-refractivity contribution in [3.8, 4) is 0 Å². The van der Waals surface area contributed by atoms with Crippen molar-refractivity contribution < 1.29 is 14.7 Å². The maximum atomic E-state index is 9.89. The molecule has 0 aliphatic heterocycles. The number of hydrogen-bond donors (Lipinski definition) is 1. The minimum atomic E-state index is -1.21. The summed E-state index contributed by atoms with van der Waals surface area (Å²) in [6.07, 6.45) is 0.558. The lowest BCUT2D eigenvalue weighted by Crippen LogP contribution is -1.96. The molecule has 1 amide bonds. The Hall–Kier alpha value is -1.19. The zero-order chi connectivity index (χ0) is 6.57. The second kappa shape index (κ2) is 2.90. The van der Waals surface area contributed by atoms with E-state index < -0.39 is 11.9 Å². The summed E-state index contributed by atoms with van der Waals surface area (Å²) in [7, 11) is 0. The first kappa shape index (κ1) is 6.81. The Morgan fingerprint density at radius 3 is 2.25 bits per heavy atom. The van der Waals surface area contributed by atoms with Crippen molar-refractivity contribution in [2.45, 2.75) is 6.92 Å². The highest BCUT2D eigenvalue weighted by atomic mass is 16.4. The van der Waals surface area contributed by atoms with Gasteiger partial charge in [-0.25, -0.2) is 9.79 Å². The van der Waals surface area contributed by atoms with Gasteiger partial charge in [-0.2, -0.15) is 0 Å². The summed E-state index contributed by atoms with van der Waals surface area (Å²) in [5.41, 5.74) is 0. The lowest BCUT2D eigenvalue weighted by molar-refractivity contribution is -0.129. The topological polar surface area (TPSA) is 66.7 Å². The van der Waals surface area contributed by atoms with Crippen LogP contribution in [0.2, 0.25) is 0 Å².